The van der Waals surface area contributed by atoms with E-state index in [9.17, 15) is 0 Å². The van der Waals surface area contributed by atoms with Crippen LogP contribution in [0.25, 0.3) is 0 Å². The number of likely N-dealkylation sites (tertiary alicyclic amines) is 1. The van der Waals surface area contributed by atoms with Crippen LogP contribution >= 0.6 is 0 Å². The molecule has 0 aromatic heterocycles. The average molecular weight is 261 g/mol. The molecular weight excluding hydrogens is 234 g/mol. The van der Waals surface area contributed by atoms with Crippen LogP contribution in [-0.4, -0.2) is 38.6 Å². The second kappa shape index (κ2) is 6.40. The van der Waals surface area contributed by atoms with E-state index in [0.29, 0.717) is 6.54 Å². The number of nitrogens with zero attached hydrogens (tertiary/aromatic N) is 2. The number of aryl methyl sites for hydroxylation is 1. The first-order valence-corrected chi connectivity index (χ1v) is 7.29. The van der Waals surface area contributed by atoms with Crippen molar-refractivity contribution in [3.05, 3.63) is 29.3 Å². The van der Waals surface area contributed by atoms with Crippen LogP contribution in [0.1, 0.15) is 24.0 Å². The van der Waals surface area contributed by atoms with Gasteiger partial charge in [0.1, 0.15) is 0 Å². The number of hydrogen-bond acceptors (Lipinski definition) is 3. The van der Waals surface area contributed by atoms with Crippen molar-refractivity contribution < 1.29 is 0 Å². The van der Waals surface area contributed by atoms with E-state index in [2.05, 4.69) is 49.0 Å². The van der Waals surface area contributed by atoms with Gasteiger partial charge >= 0.3 is 0 Å². The summed E-state index contributed by atoms with van der Waals surface area (Å²) in [4.78, 5) is 4.81. The van der Waals surface area contributed by atoms with Crippen molar-refractivity contribution in [2.75, 3.05) is 38.6 Å². The predicted octanol–water partition coefficient (Wildman–Crippen LogP) is 2.23. The minimum Gasteiger partial charge on any atom is -0.374 e. The Labute approximate surface area is 117 Å². The zero-order chi connectivity index (χ0) is 13.8. The minimum absolute atomic E-state index is 0.620. The second-order valence-electron chi connectivity index (χ2n) is 5.96. The highest BCUT2D eigenvalue weighted by molar-refractivity contribution is 5.54. The Bertz CT molecular complexity index is 408. The van der Waals surface area contributed by atoms with Gasteiger partial charge in [0.25, 0.3) is 0 Å². The van der Waals surface area contributed by atoms with Gasteiger partial charge in [-0.2, -0.15) is 0 Å². The smallest absolute Gasteiger partial charge is 0.0409 e. The highest BCUT2D eigenvalue weighted by Gasteiger charge is 2.19. The normalized spacial score (nSPS) is 17.7. The summed E-state index contributed by atoms with van der Waals surface area (Å²) >= 11 is 0. The van der Waals surface area contributed by atoms with Gasteiger partial charge < -0.3 is 15.5 Å². The first kappa shape index (κ1) is 14.4. The van der Waals surface area contributed by atoms with Crippen LogP contribution < -0.4 is 10.6 Å². The Morgan fingerprint density at radius 2 is 2.00 bits per heavy atom. The van der Waals surface area contributed by atoms with E-state index < -0.39 is 0 Å². The summed E-state index contributed by atoms with van der Waals surface area (Å²) in [5.41, 5.74) is 9.72. The Morgan fingerprint density at radius 1 is 1.32 bits per heavy atom. The number of anilines is 1. The van der Waals surface area contributed by atoms with Crippen LogP contribution in [0.2, 0.25) is 0 Å². The van der Waals surface area contributed by atoms with Crippen LogP contribution in [0.15, 0.2) is 18.2 Å². The summed E-state index contributed by atoms with van der Waals surface area (Å²) in [5.74, 6) is 0.813. The van der Waals surface area contributed by atoms with Gasteiger partial charge in [-0.05, 0) is 57.5 Å². The number of rotatable bonds is 4. The van der Waals surface area contributed by atoms with Gasteiger partial charge in [-0.1, -0.05) is 17.7 Å². The van der Waals surface area contributed by atoms with E-state index in [1.807, 2.05) is 0 Å². The number of nitrogens with two attached hydrogens (primary N) is 1. The predicted molar refractivity (Wildman–Crippen MR) is 82.6 cm³/mol. The molecule has 0 amide bonds. The third kappa shape index (κ3) is 3.71. The van der Waals surface area contributed by atoms with Crippen LogP contribution in [-0.2, 0) is 6.54 Å². The van der Waals surface area contributed by atoms with Gasteiger partial charge in [0, 0.05) is 25.8 Å². The van der Waals surface area contributed by atoms with E-state index in [0.717, 1.165) is 12.5 Å². The maximum atomic E-state index is 5.88. The highest BCUT2D eigenvalue weighted by atomic mass is 15.1. The largest absolute Gasteiger partial charge is 0.374 e. The summed E-state index contributed by atoms with van der Waals surface area (Å²) in [6, 6.07) is 6.60. The van der Waals surface area contributed by atoms with Crippen molar-refractivity contribution in [2.24, 2.45) is 11.7 Å². The molecule has 0 aliphatic carbocycles. The molecule has 3 nitrogen and oxygen atoms in total. The van der Waals surface area contributed by atoms with Crippen molar-refractivity contribution in [3.8, 4) is 0 Å². The molecule has 3 heteroatoms. The molecule has 0 unspecified atom stereocenters. The fraction of sp³-hybridized carbons (Fsp3) is 0.625. The standard InChI is InChI=1S/C16H27N3/c1-13-4-5-16(15(10-13)11-17)19(3)12-14-6-8-18(2)9-7-14/h4-5,10,14H,6-9,11-12,17H2,1-3H3. The van der Waals surface area contributed by atoms with Gasteiger partial charge in [-0.15, -0.1) is 0 Å². The van der Waals surface area contributed by atoms with Crippen LogP contribution in [0.5, 0.6) is 0 Å². The molecule has 106 valence electrons. The Kier molecular flexibility index (Phi) is 4.83. The van der Waals surface area contributed by atoms with Crippen molar-refractivity contribution >= 4 is 5.69 Å². The number of hydrogen-bond donors (Lipinski definition) is 1. The zero-order valence-corrected chi connectivity index (χ0v) is 12.5. The first-order chi connectivity index (χ1) is 9.10. The van der Waals surface area contributed by atoms with E-state index in [1.165, 1.54) is 42.7 Å². The van der Waals surface area contributed by atoms with Gasteiger partial charge in [0.15, 0.2) is 0 Å². The molecule has 2 rings (SSSR count). The molecule has 0 bridgehead atoms. The molecule has 1 aromatic carbocycles. The summed E-state index contributed by atoms with van der Waals surface area (Å²) in [5, 5.41) is 0. The minimum atomic E-state index is 0.620. The summed E-state index contributed by atoms with van der Waals surface area (Å²) in [6.07, 6.45) is 2.62. The molecule has 0 spiro atoms. The molecular formula is C16H27N3. The fourth-order valence-electron chi connectivity index (χ4n) is 2.98. The molecule has 1 fully saturated rings. The molecule has 0 radical (unpaired) electrons. The van der Waals surface area contributed by atoms with E-state index >= 15 is 0 Å². The summed E-state index contributed by atoms with van der Waals surface area (Å²) in [6.45, 7) is 6.35. The lowest BCUT2D eigenvalue weighted by Crippen LogP contribution is -2.36. The Balaban J connectivity index is 2.01. The van der Waals surface area contributed by atoms with Crippen LogP contribution in [0, 0.1) is 12.8 Å². The maximum absolute atomic E-state index is 5.88. The zero-order valence-electron chi connectivity index (χ0n) is 12.5. The Morgan fingerprint density at radius 3 is 2.63 bits per heavy atom. The van der Waals surface area contributed by atoms with Crippen molar-refractivity contribution in [1.29, 1.82) is 0 Å². The molecule has 2 N–H and O–H groups in total. The second-order valence-corrected chi connectivity index (χ2v) is 5.96. The van der Waals surface area contributed by atoms with Gasteiger partial charge in [-0.25, -0.2) is 0 Å². The quantitative estimate of drug-likeness (QED) is 0.902. The van der Waals surface area contributed by atoms with E-state index in [4.69, 9.17) is 5.73 Å². The lowest BCUT2D eigenvalue weighted by molar-refractivity contribution is 0.222. The fourth-order valence-corrected chi connectivity index (χ4v) is 2.98. The molecule has 0 saturated carbocycles. The first-order valence-electron chi connectivity index (χ1n) is 7.29. The van der Waals surface area contributed by atoms with Crippen molar-refractivity contribution in [2.45, 2.75) is 26.3 Å². The van der Waals surface area contributed by atoms with Crippen LogP contribution in [0.4, 0.5) is 5.69 Å². The monoisotopic (exact) mass is 261 g/mol. The van der Waals surface area contributed by atoms with E-state index in [1.54, 1.807) is 0 Å². The van der Waals surface area contributed by atoms with E-state index in [-0.39, 0.29) is 0 Å². The van der Waals surface area contributed by atoms with Gasteiger partial charge in [0.2, 0.25) is 0 Å². The summed E-state index contributed by atoms with van der Waals surface area (Å²) < 4.78 is 0. The lowest BCUT2D eigenvalue weighted by atomic mass is 9.96. The lowest BCUT2D eigenvalue weighted by Gasteiger charge is -2.33. The highest BCUT2D eigenvalue weighted by Crippen LogP contribution is 2.24. The molecule has 19 heavy (non-hydrogen) atoms. The van der Waals surface area contributed by atoms with Crippen molar-refractivity contribution in [3.63, 3.8) is 0 Å². The number of benzene rings is 1. The van der Waals surface area contributed by atoms with Gasteiger partial charge in [-0.3, -0.25) is 0 Å². The molecule has 1 aliphatic rings. The molecule has 1 heterocycles. The maximum Gasteiger partial charge on any atom is 0.0409 e. The summed E-state index contributed by atoms with van der Waals surface area (Å²) in [7, 11) is 4.41. The molecule has 1 aliphatic heterocycles. The van der Waals surface area contributed by atoms with Crippen LogP contribution in [0.3, 0.4) is 0 Å². The third-order valence-corrected chi connectivity index (χ3v) is 4.24. The van der Waals surface area contributed by atoms with Crippen molar-refractivity contribution in [1.82, 2.24) is 4.90 Å². The topological polar surface area (TPSA) is 32.5 Å². The molecule has 0 atom stereocenters. The Hall–Kier alpha value is -1.06. The molecule has 1 aromatic rings. The molecule has 1 saturated heterocycles. The average Bonchev–Trinajstić information content (AvgIpc) is 2.41. The third-order valence-electron chi connectivity index (χ3n) is 4.24. The number of piperidine rings is 1. The van der Waals surface area contributed by atoms with Gasteiger partial charge in [0.05, 0.1) is 0 Å². The SMILES string of the molecule is Cc1ccc(N(C)CC2CCN(C)CC2)c(CN)c1.